The normalized spacial score (nSPS) is 20.4. The lowest BCUT2D eigenvalue weighted by molar-refractivity contribution is 0.154. The highest BCUT2D eigenvalue weighted by Crippen LogP contribution is 2.34. The van der Waals surface area contributed by atoms with Gasteiger partial charge in [-0.1, -0.05) is 13.3 Å². The fraction of sp³-hybridized carbons (Fsp3) is 0.515. The molecule has 1 amide bonds. The first-order valence-corrected chi connectivity index (χ1v) is 15.3. The molecule has 2 aliphatic rings. The number of halogens is 1. The second kappa shape index (κ2) is 14.2. The van der Waals surface area contributed by atoms with Crippen molar-refractivity contribution in [1.82, 2.24) is 9.80 Å². The number of anilines is 3. The Morgan fingerprint density at radius 1 is 1.18 bits per heavy atom. The third-order valence-electron chi connectivity index (χ3n) is 8.22. The van der Waals surface area contributed by atoms with Gasteiger partial charge in [-0.15, -0.1) is 0 Å². The Kier molecular flexibility index (Phi) is 10.6. The Labute approximate surface area is 261 Å². The van der Waals surface area contributed by atoms with Crippen molar-refractivity contribution in [2.24, 2.45) is 4.99 Å². The van der Waals surface area contributed by atoms with Gasteiger partial charge >= 0.3 is 6.09 Å². The summed E-state index contributed by atoms with van der Waals surface area (Å²) in [7, 11) is 5.22. The van der Waals surface area contributed by atoms with Gasteiger partial charge < -0.3 is 34.2 Å². The van der Waals surface area contributed by atoms with Gasteiger partial charge in [-0.25, -0.2) is 14.2 Å². The van der Waals surface area contributed by atoms with Gasteiger partial charge in [0.25, 0.3) is 0 Å². The second-order valence-electron chi connectivity index (χ2n) is 11.8. The summed E-state index contributed by atoms with van der Waals surface area (Å²) in [5, 5.41) is 3.39. The number of aliphatic imine (C=N–C) groups is 1. The van der Waals surface area contributed by atoms with Crippen molar-refractivity contribution in [3.63, 3.8) is 0 Å². The van der Waals surface area contributed by atoms with Crippen LogP contribution in [0.25, 0.3) is 0 Å². The van der Waals surface area contributed by atoms with Crippen LogP contribution in [0.1, 0.15) is 47.5 Å². The predicted octanol–water partition coefficient (Wildman–Crippen LogP) is 6.15. The SMILES string of the molecule is CCCCN(C(=O)OC1=NC(C)(Nc2ccc(N3CCN(C)C(C)C3)c(F)c2)N(C(C)C)C=C1)c1ccc(OC)cc1OC. The first-order valence-electron chi connectivity index (χ1n) is 15.3. The molecule has 4 rings (SSSR count). The Hall–Kier alpha value is -3.99. The molecule has 1 fully saturated rings. The van der Waals surface area contributed by atoms with Crippen LogP contribution in [0.4, 0.5) is 26.2 Å². The maximum absolute atomic E-state index is 15.5. The molecule has 44 heavy (non-hydrogen) atoms. The largest absolute Gasteiger partial charge is 0.497 e. The lowest BCUT2D eigenvalue weighted by Gasteiger charge is -2.43. The van der Waals surface area contributed by atoms with E-state index in [1.165, 1.54) is 6.07 Å². The molecule has 2 aromatic carbocycles. The first-order chi connectivity index (χ1) is 21.0. The minimum absolute atomic E-state index is 0.0466. The zero-order valence-electron chi connectivity index (χ0n) is 27.3. The van der Waals surface area contributed by atoms with Crippen LogP contribution in [-0.2, 0) is 4.74 Å². The average Bonchev–Trinajstić information content (AvgIpc) is 2.98. The molecule has 2 heterocycles. The number of unbranched alkanes of at least 4 members (excludes halogenated alkanes) is 1. The van der Waals surface area contributed by atoms with Crippen LogP contribution in [0.3, 0.4) is 0 Å². The molecule has 0 bridgehead atoms. The molecule has 0 spiro atoms. The highest BCUT2D eigenvalue weighted by molar-refractivity contribution is 6.02. The van der Waals surface area contributed by atoms with E-state index in [4.69, 9.17) is 19.2 Å². The summed E-state index contributed by atoms with van der Waals surface area (Å²) in [6.07, 6.45) is 4.58. The summed E-state index contributed by atoms with van der Waals surface area (Å²) in [5.74, 6) is -0.103. The Balaban J connectivity index is 1.57. The number of piperazine rings is 1. The fourth-order valence-corrected chi connectivity index (χ4v) is 5.58. The van der Waals surface area contributed by atoms with Crippen molar-refractivity contribution in [1.29, 1.82) is 0 Å². The molecule has 240 valence electrons. The van der Waals surface area contributed by atoms with Crippen LogP contribution < -0.4 is 24.6 Å². The van der Waals surface area contributed by atoms with Crippen LogP contribution in [-0.4, -0.2) is 87.1 Å². The lowest BCUT2D eigenvalue weighted by Crippen LogP contribution is -2.53. The monoisotopic (exact) mass is 610 g/mol. The molecule has 0 radical (unpaired) electrons. The van der Waals surface area contributed by atoms with E-state index in [0.717, 1.165) is 32.5 Å². The van der Waals surface area contributed by atoms with E-state index in [0.29, 0.717) is 41.1 Å². The summed E-state index contributed by atoms with van der Waals surface area (Å²) in [4.78, 5) is 26.4. The van der Waals surface area contributed by atoms with E-state index in [1.807, 2.05) is 44.0 Å². The molecule has 0 aliphatic carbocycles. The standard InChI is InChI=1S/C33H47FN6O4/c1-9-10-16-39(29-14-12-26(42-7)21-30(29)43-8)32(41)44-31-15-17-40(23(2)3)33(5,36-31)35-25-11-13-28(27(34)20-25)38-19-18-37(6)24(4)22-38/h11-15,17,20-21,23-24,35H,9-10,16,18-19,22H2,1-8H3. The van der Waals surface area contributed by atoms with Crippen molar-refractivity contribution < 1.29 is 23.4 Å². The van der Waals surface area contributed by atoms with E-state index in [1.54, 1.807) is 43.4 Å². The Morgan fingerprint density at radius 3 is 2.59 bits per heavy atom. The van der Waals surface area contributed by atoms with Gasteiger partial charge in [0.05, 0.1) is 25.6 Å². The number of carbonyl (C=O) groups excluding carboxylic acids is 1. The number of amides is 1. The van der Waals surface area contributed by atoms with Crippen molar-refractivity contribution in [2.75, 3.05) is 62.6 Å². The summed E-state index contributed by atoms with van der Waals surface area (Å²) in [6, 6.07) is 10.9. The average molecular weight is 611 g/mol. The van der Waals surface area contributed by atoms with Gasteiger partial charge in [-0.3, -0.25) is 4.90 Å². The van der Waals surface area contributed by atoms with E-state index in [2.05, 4.69) is 36.0 Å². The summed E-state index contributed by atoms with van der Waals surface area (Å²) < 4.78 is 32.2. The second-order valence-corrected chi connectivity index (χ2v) is 11.8. The van der Waals surface area contributed by atoms with Crippen molar-refractivity contribution in [2.45, 2.75) is 65.3 Å². The topological polar surface area (TPSA) is 82.1 Å². The van der Waals surface area contributed by atoms with E-state index < -0.39 is 11.9 Å². The lowest BCUT2D eigenvalue weighted by atomic mass is 10.1. The van der Waals surface area contributed by atoms with Gasteiger partial charge in [-0.2, -0.15) is 0 Å². The molecule has 0 saturated carbocycles. The van der Waals surface area contributed by atoms with Crippen LogP contribution in [0, 0.1) is 5.82 Å². The van der Waals surface area contributed by atoms with E-state index in [9.17, 15) is 4.79 Å². The number of ether oxygens (including phenoxy) is 3. The number of hydrogen-bond donors (Lipinski definition) is 1. The maximum Gasteiger partial charge on any atom is 0.421 e. The summed E-state index contributed by atoms with van der Waals surface area (Å²) in [5.41, 5.74) is 1.73. The van der Waals surface area contributed by atoms with Gasteiger partial charge in [-0.05, 0) is 71.5 Å². The van der Waals surface area contributed by atoms with Gasteiger partial charge in [0.2, 0.25) is 11.7 Å². The molecule has 0 aromatic heterocycles. The number of nitrogens with zero attached hydrogens (tertiary/aromatic N) is 5. The minimum Gasteiger partial charge on any atom is -0.497 e. The number of methoxy groups -OCH3 is 2. The summed E-state index contributed by atoms with van der Waals surface area (Å²) in [6.45, 7) is 13.0. The van der Waals surface area contributed by atoms with Crippen LogP contribution in [0.15, 0.2) is 53.7 Å². The number of rotatable bonds is 10. The van der Waals surface area contributed by atoms with Crippen molar-refractivity contribution in [3.05, 3.63) is 54.5 Å². The van der Waals surface area contributed by atoms with Gasteiger partial charge in [0.15, 0.2) is 0 Å². The Bertz CT molecular complexity index is 1370. The predicted molar refractivity (Wildman–Crippen MR) is 175 cm³/mol. The van der Waals surface area contributed by atoms with Crippen molar-refractivity contribution in [3.8, 4) is 11.5 Å². The summed E-state index contributed by atoms with van der Waals surface area (Å²) >= 11 is 0. The molecule has 1 N–H and O–H groups in total. The number of benzene rings is 2. The molecule has 2 aromatic rings. The third kappa shape index (κ3) is 7.38. The molecular formula is C33H47FN6O4. The molecule has 11 heteroatoms. The van der Waals surface area contributed by atoms with Crippen LogP contribution in [0.2, 0.25) is 0 Å². The van der Waals surface area contributed by atoms with E-state index in [-0.39, 0.29) is 17.8 Å². The number of hydrogen-bond acceptors (Lipinski definition) is 9. The van der Waals surface area contributed by atoms with Crippen LogP contribution >= 0.6 is 0 Å². The number of nitrogens with one attached hydrogen (secondary N) is 1. The Morgan fingerprint density at radius 2 is 1.95 bits per heavy atom. The van der Waals surface area contributed by atoms with E-state index >= 15 is 4.39 Å². The quantitative estimate of drug-likeness (QED) is 0.343. The molecule has 2 atom stereocenters. The fourth-order valence-electron chi connectivity index (χ4n) is 5.58. The molecular weight excluding hydrogens is 563 g/mol. The van der Waals surface area contributed by atoms with Gasteiger partial charge in [0.1, 0.15) is 17.3 Å². The number of carbonyl (C=O) groups is 1. The molecule has 2 unspecified atom stereocenters. The van der Waals surface area contributed by atoms with Crippen LogP contribution in [0.5, 0.6) is 11.5 Å². The molecule has 1 saturated heterocycles. The molecule has 10 nitrogen and oxygen atoms in total. The minimum atomic E-state index is -1.05. The highest BCUT2D eigenvalue weighted by Gasteiger charge is 2.36. The third-order valence-corrected chi connectivity index (χ3v) is 8.22. The smallest absolute Gasteiger partial charge is 0.421 e. The zero-order valence-corrected chi connectivity index (χ0v) is 27.3. The zero-order chi connectivity index (χ0) is 32.0. The molecule has 2 aliphatic heterocycles. The first kappa shape index (κ1) is 32.9. The number of likely N-dealkylation sites (N-methyl/N-ethyl adjacent to an activating group) is 1. The maximum atomic E-state index is 15.5. The highest BCUT2D eigenvalue weighted by atomic mass is 19.1. The van der Waals surface area contributed by atoms with Gasteiger partial charge in [0, 0.05) is 62.3 Å². The van der Waals surface area contributed by atoms with Crippen molar-refractivity contribution >= 4 is 29.1 Å².